The molecule has 2 atom stereocenters. The van der Waals surface area contributed by atoms with Crippen LogP contribution in [0.2, 0.25) is 0 Å². The standard InChI is InChI=1S/C10H19N3O/c1-7(5-11)6-13-9(14)8(12)10(2,3)4/h7-8H,6,12H2,1-4H3,(H,13,14). The molecule has 0 aliphatic carbocycles. The van der Waals surface area contributed by atoms with Gasteiger partial charge in [-0.25, -0.2) is 0 Å². The van der Waals surface area contributed by atoms with Gasteiger partial charge in [0.15, 0.2) is 0 Å². The van der Waals surface area contributed by atoms with Crippen LogP contribution in [0.1, 0.15) is 27.7 Å². The second-order valence-electron chi connectivity index (χ2n) is 4.62. The fourth-order valence-corrected chi connectivity index (χ4v) is 0.803. The number of nitrogens with one attached hydrogen (secondary N) is 1. The summed E-state index contributed by atoms with van der Waals surface area (Å²) >= 11 is 0. The van der Waals surface area contributed by atoms with Gasteiger partial charge in [0.2, 0.25) is 5.91 Å². The molecule has 0 saturated carbocycles. The predicted molar refractivity (Wildman–Crippen MR) is 55.2 cm³/mol. The van der Waals surface area contributed by atoms with Crippen LogP contribution in [0, 0.1) is 22.7 Å². The summed E-state index contributed by atoms with van der Waals surface area (Å²) in [6.45, 7) is 7.84. The molecule has 0 fully saturated rings. The summed E-state index contributed by atoms with van der Waals surface area (Å²) in [7, 11) is 0. The predicted octanol–water partition coefficient (Wildman–Crippen LogP) is 0.636. The largest absolute Gasteiger partial charge is 0.353 e. The maximum atomic E-state index is 11.5. The monoisotopic (exact) mass is 197 g/mol. The molecule has 0 aromatic rings. The summed E-state index contributed by atoms with van der Waals surface area (Å²) in [5.41, 5.74) is 5.48. The van der Waals surface area contributed by atoms with Gasteiger partial charge in [0.25, 0.3) is 0 Å². The highest BCUT2D eigenvalue weighted by Gasteiger charge is 2.27. The van der Waals surface area contributed by atoms with E-state index in [0.29, 0.717) is 6.54 Å². The molecular weight excluding hydrogens is 178 g/mol. The van der Waals surface area contributed by atoms with Crippen LogP contribution in [0.25, 0.3) is 0 Å². The van der Waals surface area contributed by atoms with Gasteiger partial charge in [-0.2, -0.15) is 5.26 Å². The molecular formula is C10H19N3O. The molecule has 80 valence electrons. The third-order valence-electron chi connectivity index (χ3n) is 2.02. The summed E-state index contributed by atoms with van der Waals surface area (Å²) in [6.07, 6.45) is 0. The van der Waals surface area contributed by atoms with Crippen LogP contribution >= 0.6 is 0 Å². The first-order valence-electron chi connectivity index (χ1n) is 4.72. The van der Waals surface area contributed by atoms with Crippen molar-refractivity contribution in [1.82, 2.24) is 5.32 Å². The number of hydrogen-bond donors (Lipinski definition) is 2. The molecule has 0 heterocycles. The third-order valence-corrected chi connectivity index (χ3v) is 2.02. The second-order valence-corrected chi connectivity index (χ2v) is 4.62. The normalized spacial score (nSPS) is 15.4. The number of nitrogens with two attached hydrogens (primary N) is 1. The van der Waals surface area contributed by atoms with Gasteiger partial charge < -0.3 is 11.1 Å². The fourth-order valence-electron chi connectivity index (χ4n) is 0.803. The van der Waals surface area contributed by atoms with Crippen LogP contribution in [0.4, 0.5) is 0 Å². The minimum absolute atomic E-state index is 0.175. The minimum atomic E-state index is -0.534. The summed E-state index contributed by atoms with van der Waals surface area (Å²) in [6, 6.07) is 1.51. The van der Waals surface area contributed by atoms with Crippen LogP contribution in [-0.2, 0) is 4.79 Å². The molecule has 0 aliphatic heterocycles. The van der Waals surface area contributed by atoms with Gasteiger partial charge in [0, 0.05) is 6.54 Å². The quantitative estimate of drug-likeness (QED) is 0.696. The highest BCUT2D eigenvalue weighted by atomic mass is 16.2. The van der Waals surface area contributed by atoms with Crippen molar-refractivity contribution in [2.45, 2.75) is 33.7 Å². The molecule has 0 aromatic carbocycles. The van der Waals surface area contributed by atoms with Crippen molar-refractivity contribution >= 4 is 5.91 Å². The van der Waals surface area contributed by atoms with E-state index in [-0.39, 0.29) is 17.2 Å². The molecule has 1 amide bonds. The Hall–Kier alpha value is -1.08. The first-order chi connectivity index (χ1) is 6.29. The number of carbonyl (C=O) groups is 1. The first-order valence-corrected chi connectivity index (χ1v) is 4.72. The number of hydrogen-bond acceptors (Lipinski definition) is 3. The van der Waals surface area contributed by atoms with Crippen molar-refractivity contribution in [3.8, 4) is 6.07 Å². The molecule has 0 radical (unpaired) electrons. The SMILES string of the molecule is CC(C#N)CNC(=O)C(N)C(C)(C)C. The van der Waals surface area contributed by atoms with Crippen LogP contribution in [-0.4, -0.2) is 18.5 Å². The van der Waals surface area contributed by atoms with E-state index in [9.17, 15) is 4.79 Å². The minimum Gasteiger partial charge on any atom is -0.353 e. The lowest BCUT2D eigenvalue weighted by Crippen LogP contribution is -2.49. The van der Waals surface area contributed by atoms with E-state index in [4.69, 9.17) is 11.0 Å². The van der Waals surface area contributed by atoms with Crippen molar-refractivity contribution in [3.05, 3.63) is 0 Å². The Kier molecular flexibility index (Phi) is 4.58. The number of nitriles is 1. The highest BCUT2D eigenvalue weighted by molar-refractivity contribution is 5.82. The Labute approximate surface area is 85.5 Å². The van der Waals surface area contributed by atoms with Crippen LogP contribution < -0.4 is 11.1 Å². The number of rotatable bonds is 3. The van der Waals surface area contributed by atoms with Crippen molar-refractivity contribution in [1.29, 1.82) is 5.26 Å². The molecule has 3 N–H and O–H groups in total. The van der Waals surface area contributed by atoms with E-state index in [0.717, 1.165) is 0 Å². The fraction of sp³-hybridized carbons (Fsp3) is 0.800. The van der Waals surface area contributed by atoms with Gasteiger partial charge in [0.05, 0.1) is 18.0 Å². The lowest BCUT2D eigenvalue weighted by molar-refractivity contribution is -0.124. The van der Waals surface area contributed by atoms with Crippen molar-refractivity contribution in [2.75, 3.05) is 6.54 Å². The van der Waals surface area contributed by atoms with Gasteiger partial charge >= 0.3 is 0 Å². The van der Waals surface area contributed by atoms with Gasteiger partial charge in [0.1, 0.15) is 0 Å². The lowest BCUT2D eigenvalue weighted by atomic mass is 9.87. The zero-order chi connectivity index (χ0) is 11.4. The summed E-state index contributed by atoms with van der Waals surface area (Å²) < 4.78 is 0. The summed E-state index contributed by atoms with van der Waals surface area (Å²) in [5.74, 6) is -0.370. The van der Waals surface area contributed by atoms with Crippen molar-refractivity contribution in [2.24, 2.45) is 17.1 Å². The van der Waals surface area contributed by atoms with Gasteiger partial charge in [-0.3, -0.25) is 4.79 Å². The van der Waals surface area contributed by atoms with Crippen LogP contribution in [0.5, 0.6) is 0 Å². The molecule has 4 heteroatoms. The highest BCUT2D eigenvalue weighted by Crippen LogP contribution is 2.17. The average molecular weight is 197 g/mol. The molecule has 4 nitrogen and oxygen atoms in total. The van der Waals surface area contributed by atoms with Gasteiger partial charge in [-0.15, -0.1) is 0 Å². The Morgan fingerprint density at radius 2 is 2.07 bits per heavy atom. The van der Waals surface area contributed by atoms with Gasteiger partial charge in [-0.05, 0) is 12.3 Å². The van der Waals surface area contributed by atoms with E-state index < -0.39 is 6.04 Å². The van der Waals surface area contributed by atoms with Crippen LogP contribution in [0.3, 0.4) is 0 Å². The second kappa shape index (κ2) is 4.97. The number of amides is 1. The van der Waals surface area contributed by atoms with E-state index in [1.807, 2.05) is 26.8 Å². The lowest BCUT2D eigenvalue weighted by Gasteiger charge is -2.25. The smallest absolute Gasteiger partial charge is 0.237 e. The Bertz CT molecular complexity index is 237. The average Bonchev–Trinajstić information content (AvgIpc) is 2.10. The Morgan fingerprint density at radius 3 is 2.43 bits per heavy atom. The van der Waals surface area contributed by atoms with Crippen LogP contribution in [0.15, 0.2) is 0 Å². The maximum absolute atomic E-state index is 11.5. The Morgan fingerprint density at radius 1 is 1.57 bits per heavy atom. The van der Waals surface area contributed by atoms with E-state index in [1.165, 1.54) is 0 Å². The number of carbonyl (C=O) groups excluding carboxylic acids is 1. The molecule has 14 heavy (non-hydrogen) atoms. The summed E-state index contributed by atoms with van der Waals surface area (Å²) in [5, 5.41) is 11.2. The van der Waals surface area contributed by atoms with E-state index in [2.05, 4.69) is 5.32 Å². The zero-order valence-electron chi connectivity index (χ0n) is 9.29. The van der Waals surface area contributed by atoms with E-state index in [1.54, 1.807) is 6.92 Å². The van der Waals surface area contributed by atoms with E-state index >= 15 is 0 Å². The molecule has 0 aromatic heterocycles. The molecule has 0 aliphatic rings. The zero-order valence-corrected chi connectivity index (χ0v) is 9.29. The molecule has 0 bridgehead atoms. The molecule has 0 spiro atoms. The molecule has 2 unspecified atom stereocenters. The van der Waals surface area contributed by atoms with Crippen molar-refractivity contribution in [3.63, 3.8) is 0 Å². The molecule has 0 rings (SSSR count). The van der Waals surface area contributed by atoms with Gasteiger partial charge in [-0.1, -0.05) is 20.8 Å². The third kappa shape index (κ3) is 4.24. The first kappa shape index (κ1) is 12.9. The maximum Gasteiger partial charge on any atom is 0.237 e. The number of nitrogens with zero attached hydrogens (tertiary/aromatic N) is 1. The molecule has 0 saturated heterocycles. The Balaban J connectivity index is 4.05. The van der Waals surface area contributed by atoms with Crippen molar-refractivity contribution < 1.29 is 4.79 Å². The summed E-state index contributed by atoms with van der Waals surface area (Å²) in [4.78, 5) is 11.5. The topological polar surface area (TPSA) is 78.9 Å².